The number of benzene rings is 2. The Kier molecular flexibility index (Phi) is 18.7. The van der Waals surface area contributed by atoms with E-state index in [0.717, 1.165) is 16.5 Å². The third-order valence-corrected chi connectivity index (χ3v) is 5.42. The number of carbonyl (C=O) groups is 5. The molecule has 0 aliphatic heterocycles. The van der Waals surface area contributed by atoms with E-state index < -0.39 is 41.8 Å². The fourth-order valence-corrected chi connectivity index (χ4v) is 3.39. The topological polar surface area (TPSA) is 196 Å². The number of carbonyl (C=O) groups excluding carboxylic acids is 4. The van der Waals surface area contributed by atoms with Crippen molar-refractivity contribution in [3.8, 4) is 12.1 Å². The summed E-state index contributed by atoms with van der Waals surface area (Å²) in [6.07, 6.45) is 0.157. The van der Waals surface area contributed by atoms with Crippen LogP contribution in [0.15, 0.2) is 48.5 Å². The van der Waals surface area contributed by atoms with Gasteiger partial charge in [0.1, 0.15) is 6.04 Å². The average Bonchev–Trinajstić information content (AvgIpc) is 2.96. The highest BCUT2D eigenvalue weighted by atomic mass is 79.9. The number of nitrogens with zero attached hydrogens (tertiary/aromatic N) is 2. The van der Waals surface area contributed by atoms with Gasteiger partial charge in [-0.25, -0.2) is 14.4 Å². The average molecular weight is 646 g/mol. The van der Waals surface area contributed by atoms with Crippen molar-refractivity contribution in [3.05, 3.63) is 70.8 Å². The second-order valence-corrected chi connectivity index (χ2v) is 8.75. The summed E-state index contributed by atoms with van der Waals surface area (Å²) in [5.74, 6) is -3.62. The van der Waals surface area contributed by atoms with Crippen molar-refractivity contribution in [2.24, 2.45) is 0 Å². The van der Waals surface area contributed by atoms with Crippen LogP contribution in [0.1, 0.15) is 49.9 Å². The van der Waals surface area contributed by atoms with E-state index in [4.69, 9.17) is 15.6 Å². The van der Waals surface area contributed by atoms with Gasteiger partial charge < -0.3 is 25.2 Å². The number of carboxylic acids is 1. The van der Waals surface area contributed by atoms with Gasteiger partial charge in [-0.1, -0.05) is 40.2 Å². The summed E-state index contributed by atoms with van der Waals surface area (Å²) < 4.78 is 9.24. The van der Waals surface area contributed by atoms with Crippen LogP contribution in [0.4, 0.5) is 0 Å². The van der Waals surface area contributed by atoms with E-state index in [1.807, 2.05) is 24.3 Å². The Bertz CT molecular complexity index is 1290. The Morgan fingerprint density at radius 1 is 0.833 bits per heavy atom. The zero-order valence-electron chi connectivity index (χ0n) is 23.7. The number of rotatable bonds is 10. The normalized spacial score (nSPS) is 10.1. The Morgan fingerprint density at radius 2 is 1.29 bits per heavy atom. The van der Waals surface area contributed by atoms with Gasteiger partial charge in [-0.05, 0) is 49.2 Å². The maximum absolute atomic E-state index is 11.3. The minimum atomic E-state index is -1.37. The molecular formula is C29H33BrN4O8. The van der Waals surface area contributed by atoms with Crippen LogP contribution >= 0.6 is 15.9 Å². The number of nitriles is 2. The van der Waals surface area contributed by atoms with Gasteiger partial charge >= 0.3 is 17.9 Å². The fourth-order valence-electron chi connectivity index (χ4n) is 3.04. The first kappa shape index (κ1) is 37.2. The highest BCUT2D eigenvalue weighted by Crippen LogP contribution is 2.08. The van der Waals surface area contributed by atoms with Crippen LogP contribution in [-0.2, 0) is 45.2 Å². The SMILES string of the molecule is CC(=O)NC(Cc1cccc(C#N)c1)C(=O)O.CCOC(=O)C(NC(C)=O)C(=O)OCC.N#Cc1cccc(CBr)c1. The number of hydrogen-bond acceptors (Lipinski definition) is 9. The summed E-state index contributed by atoms with van der Waals surface area (Å²) >= 11 is 3.31. The van der Waals surface area contributed by atoms with Gasteiger partial charge in [0.15, 0.2) is 0 Å². The van der Waals surface area contributed by atoms with E-state index in [9.17, 15) is 24.0 Å². The van der Waals surface area contributed by atoms with Gasteiger partial charge in [0.05, 0.1) is 36.5 Å². The number of ether oxygens (including phenoxy) is 2. The number of carboxylic acid groups (broad SMARTS) is 1. The zero-order chi connectivity index (χ0) is 32.1. The summed E-state index contributed by atoms with van der Waals surface area (Å²) in [5.41, 5.74) is 3.02. The first-order chi connectivity index (χ1) is 19.9. The molecule has 0 aromatic heterocycles. The van der Waals surface area contributed by atoms with Gasteiger partial charge in [-0.2, -0.15) is 10.5 Å². The molecule has 0 saturated carbocycles. The zero-order valence-corrected chi connectivity index (χ0v) is 25.3. The van der Waals surface area contributed by atoms with E-state index in [1.54, 1.807) is 44.2 Å². The molecule has 0 radical (unpaired) electrons. The number of esters is 2. The number of alkyl halides is 1. The van der Waals surface area contributed by atoms with Crippen LogP contribution in [0.5, 0.6) is 0 Å². The Hall–Kier alpha value is -4.75. The number of aliphatic carboxylic acids is 1. The lowest BCUT2D eigenvalue weighted by Gasteiger charge is -2.14. The molecule has 224 valence electrons. The van der Waals surface area contributed by atoms with E-state index >= 15 is 0 Å². The molecule has 0 aliphatic rings. The fraction of sp³-hybridized carbons (Fsp3) is 0.345. The van der Waals surface area contributed by atoms with Crippen molar-refractivity contribution in [3.63, 3.8) is 0 Å². The summed E-state index contributed by atoms with van der Waals surface area (Å²) in [5, 5.41) is 31.5. The third kappa shape index (κ3) is 15.7. The van der Waals surface area contributed by atoms with Gasteiger partial charge in [-0.15, -0.1) is 0 Å². The number of hydrogen-bond donors (Lipinski definition) is 3. The van der Waals surface area contributed by atoms with Gasteiger partial charge in [0.2, 0.25) is 17.9 Å². The quantitative estimate of drug-likeness (QED) is 0.196. The summed E-state index contributed by atoms with van der Waals surface area (Å²) in [4.78, 5) is 55.0. The molecule has 0 spiro atoms. The third-order valence-electron chi connectivity index (χ3n) is 4.77. The van der Waals surface area contributed by atoms with E-state index in [-0.39, 0.29) is 19.6 Å². The highest BCUT2D eigenvalue weighted by Gasteiger charge is 2.30. The van der Waals surface area contributed by atoms with Gasteiger partial charge in [0.25, 0.3) is 0 Å². The minimum Gasteiger partial charge on any atom is -0.480 e. The molecule has 0 saturated heterocycles. The first-order valence-corrected chi connectivity index (χ1v) is 13.7. The standard InChI is InChI=1S/C12H12N2O3.C9H15NO5.C8H6BrN/c1-8(15)14-11(12(16)17)6-9-3-2-4-10(5-9)7-13;1-4-14-8(12)7(10-6(3)11)9(13)15-5-2;9-5-7-2-1-3-8(4-7)6-10/h2-5,11H,6H2,1H3,(H,14,15)(H,16,17);7H,4-5H2,1-3H3,(H,10,11);1-4H,5H2. The van der Waals surface area contributed by atoms with Crippen LogP contribution in [0, 0.1) is 22.7 Å². The Morgan fingerprint density at radius 3 is 1.67 bits per heavy atom. The summed E-state index contributed by atoms with van der Waals surface area (Å²) in [6.45, 7) is 5.94. The van der Waals surface area contributed by atoms with Crippen LogP contribution in [0.3, 0.4) is 0 Å². The van der Waals surface area contributed by atoms with Crippen LogP contribution in [0.25, 0.3) is 0 Å². The molecule has 1 atom stereocenters. The van der Waals surface area contributed by atoms with E-state index in [2.05, 4.69) is 42.1 Å². The predicted octanol–water partition coefficient (Wildman–Crippen LogP) is 2.76. The molecule has 1 unspecified atom stereocenters. The second kappa shape index (κ2) is 21.1. The summed E-state index contributed by atoms with van der Waals surface area (Å²) in [7, 11) is 0. The molecule has 0 aliphatic carbocycles. The van der Waals surface area contributed by atoms with E-state index in [1.165, 1.54) is 13.8 Å². The van der Waals surface area contributed by atoms with Crippen LogP contribution < -0.4 is 10.6 Å². The molecular weight excluding hydrogens is 612 g/mol. The predicted molar refractivity (Wildman–Crippen MR) is 155 cm³/mol. The lowest BCUT2D eigenvalue weighted by atomic mass is 10.0. The summed E-state index contributed by atoms with van der Waals surface area (Å²) in [6, 6.07) is 15.9. The van der Waals surface area contributed by atoms with Crippen LogP contribution in [0.2, 0.25) is 0 Å². The molecule has 13 heteroatoms. The molecule has 2 rings (SSSR count). The monoisotopic (exact) mass is 644 g/mol. The molecule has 2 amide bonds. The molecule has 2 aromatic carbocycles. The number of halogens is 1. The van der Waals surface area contributed by atoms with Crippen molar-refractivity contribution in [2.45, 2.75) is 51.5 Å². The lowest BCUT2D eigenvalue weighted by Crippen LogP contribution is -2.47. The van der Waals surface area contributed by atoms with Gasteiger partial charge in [0, 0.05) is 25.6 Å². The van der Waals surface area contributed by atoms with E-state index in [0.29, 0.717) is 11.1 Å². The van der Waals surface area contributed by atoms with Crippen molar-refractivity contribution in [1.29, 1.82) is 10.5 Å². The van der Waals surface area contributed by atoms with Crippen molar-refractivity contribution in [2.75, 3.05) is 13.2 Å². The van der Waals surface area contributed by atoms with Gasteiger partial charge in [-0.3, -0.25) is 9.59 Å². The Balaban J connectivity index is 0.000000620. The molecule has 0 fully saturated rings. The molecule has 0 bridgehead atoms. The molecule has 0 heterocycles. The molecule has 42 heavy (non-hydrogen) atoms. The van der Waals surface area contributed by atoms with Crippen molar-refractivity contribution in [1.82, 2.24) is 10.6 Å². The maximum Gasteiger partial charge on any atom is 0.340 e. The van der Waals surface area contributed by atoms with Crippen molar-refractivity contribution >= 4 is 45.7 Å². The Labute approximate surface area is 252 Å². The molecule has 12 nitrogen and oxygen atoms in total. The smallest absolute Gasteiger partial charge is 0.340 e. The highest BCUT2D eigenvalue weighted by molar-refractivity contribution is 9.08. The lowest BCUT2D eigenvalue weighted by molar-refractivity contribution is -0.159. The maximum atomic E-state index is 11.3. The van der Waals surface area contributed by atoms with Crippen molar-refractivity contribution < 1.29 is 38.6 Å². The first-order valence-electron chi connectivity index (χ1n) is 12.6. The number of amides is 2. The minimum absolute atomic E-state index is 0.133. The van der Waals surface area contributed by atoms with Crippen LogP contribution in [-0.4, -0.2) is 60.1 Å². The largest absolute Gasteiger partial charge is 0.480 e. The second-order valence-electron chi connectivity index (χ2n) is 8.19. The number of nitrogens with one attached hydrogen (secondary N) is 2. The molecule has 3 N–H and O–H groups in total. The molecule has 2 aromatic rings.